The number of benzene rings is 3. The summed E-state index contributed by atoms with van der Waals surface area (Å²) in [5, 5.41) is 1.06. The third-order valence-corrected chi connectivity index (χ3v) is 6.66. The second kappa shape index (κ2) is 10.1. The molecule has 0 N–H and O–H groups in total. The number of hydrogen-bond acceptors (Lipinski definition) is 5. The van der Waals surface area contributed by atoms with E-state index in [2.05, 4.69) is 0 Å². The summed E-state index contributed by atoms with van der Waals surface area (Å²) < 4.78 is 25.8. The summed E-state index contributed by atoms with van der Waals surface area (Å²) in [5.74, 6) is 0.101. The molecular weight excluding hydrogens is 504 g/mol. The number of ether oxygens (including phenoxy) is 2. The molecule has 1 amide bonds. The Morgan fingerprint density at radius 3 is 2.61 bits per heavy atom. The fraction of sp³-hybridized carbons (Fsp3) is 0.0833. The zero-order chi connectivity index (χ0) is 23.5. The third kappa shape index (κ3) is 5.17. The first kappa shape index (κ1) is 23.6. The number of halogens is 3. The van der Waals surface area contributed by atoms with Crippen molar-refractivity contribution in [3.8, 4) is 11.5 Å². The zero-order valence-electron chi connectivity index (χ0n) is 17.2. The molecule has 4 nitrogen and oxygen atoms in total. The number of carbonyl (C=O) groups excluding carboxylic acids is 1. The van der Waals surface area contributed by atoms with Crippen LogP contribution in [0.4, 0.5) is 10.1 Å². The molecule has 1 aliphatic heterocycles. The first-order chi connectivity index (χ1) is 15.9. The molecule has 3 aromatic rings. The largest absolute Gasteiger partial charge is 0.493 e. The monoisotopic (exact) mass is 519 g/mol. The minimum Gasteiger partial charge on any atom is -0.493 e. The van der Waals surface area contributed by atoms with E-state index in [1.807, 2.05) is 0 Å². The molecule has 4 rings (SSSR count). The van der Waals surface area contributed by atoms with E-state index in [9.17, 15) is 9.18 Å². The number of rotatable bonds is 6. The molecule has 1 heterocycles. The lowest BCUT2D eigenvalue weighted by Gasteiger charge is -2.15. The van der Waals surface area contributed by atoms with E-state index in [1.165, 1.54) is 24.1 Å². The Morgan fingerprint density at radius 1 is 1.09 bits per heavy atom. The van der Waals surface area contributed by atoms with Gasteiger partial charge in [-0.05, 0) is 48.0 Å². The van der Waals surface area contributed by atoms with E-state index in [4.69, 9.17) is 44.9 Å². The highest BCUT2D eigenvalue weighted by Crippen LogP contribution is 2.38. The molecule has 9 heteroatoms. The fourth-order valence-electron chi connectivity index (χ4n) is 3.15. The summed E-state index contributed by atoms with van der Waals surface area (Å²) in [7, 11) is 1.53. The smallest absolute Gasteiger partial charge is 0.270 e. The standard InChI is InChI=1S/C24H16Cl2FNO3S2/c1-30-21-10-14(6-9-20(21)31-13-15-7-8-16(25)12-17(15)26)11-22-23(29)28(24(32)33-22)19-5-3-2-4-18(19)27/h2-12H,13H2,1H3/b22-11-. The van der Waals surface area contributed by atoms with Crippen molar-refractivity contribution in [1.29, 1.82) is 0 Å². The highest BCUT2D eigenvalue weighted by atomic mass is 35.5. The van der Waals surface area contributed by atoms with Gasteiger partial charge in [0.05, 0.1) is 17.7 Å². The predicted octanol–water partition coefficient (Wildman–Crippen LogP) is 7.13. The number of carbonyl (C=O) groups is 1. The van der Waals surface area contributed by atoms with Crippen molar-refractivity contribution < 1.29 is 18.7 Å². The molecular formula is C24H16Cl2FNO3S2. The average molecular weight is 520 g/mol. The molecule has 0 saturated carbocycles. The van der Waals surface area contributed by atoms with E-state index < -0.39 is 5.82 Å². The van der Waals surface area contributed by atoms with Gasteiger partial charge in [0, 0.05) is 15.6 Å². The van der Waals surface area contributed by atoms with Gasteiger partial charge in [0.15, 0.2) is 15.8 Å². The van der Waals surface area contributed by atoms with E-state index in [-0.39, 0.29) is 22.5 Å². The maximum Gasteiger partial charge on any atom is 0.270 e. The van der Waals surface area contributed by atoms with Crippen LogP contribution in [-0.4, -0.2) is 17.3 Å². The summed E-state index contributed by atoms with van der Waals surface area (Å²) in [6.07, 6.45) is 1.68. The summed E-state index contributed by atoms with van der Waals surface area (Å²) in [6, 6.07) is 16.5. The normalized spacial score (nSPS) is 14.8. The van der Waals surface area contributed by atoms with Crippen LogP contribution in [0, 0.1) is 5.82 Å². The van der Waals surface area contributed by atoms with Gasteiger partial charge in [0.2, 0.25) is 0 Å². The third-order valence-electron chi connectivity index (χ3n) is 4.77. The summed E-state index contributed by atoms with van der Waals surface area (Å²) in [4.78, 5) is 14.5. The average Bonchev–Trinajstić information content (AvgIpc) is 3.06. The van der Waals surface area contributed by atoms with Gasteiger partial charge in [0.25, 0.3) is 5.91 Å². The van der Waals surface area contributed by atoms with E-state index in [1.54, 1.807) is 54.6 Å². The van der Waals surface area contributed by atoms with Gasteiger partial charge in [-0.15, -0.1) is 0 Å². The maximum atomic E-state index is 14.2. The number of anilines is 1. The van der Waals surface area contributed by atoms with Crippen LogP contribution in [0.25, 0.3) is 6.08 Å². The van der Waals surface area contributed by atoms with Crippen molar-refractivity contribution in [3.05, 3.63) is 92.6 Å². The second-order valence-corrected chi connectivity index (χ2v) is 9.42. The van der Waals surface area contributed by atoms with Crippen LogP contribution in [0.2, 0.25) is 10.0 Å². The van der Waals surface area contributed by atoms with Crippen LogP contribution in [-0.2, 0) is 11.4 Å². The van der Waals surface area contributed by atoms with Gasteiger partial charge < -0.3 is 9.47 Å². The van der Waals surface area contributed by atoms with Crippen LogP contribution >= 0.6 is 47.2 Å². The Morgan fingerprint density at radius 2 is 1.88 bits per heavy atom. The van der Waals surface area contributed by atoms with Crippen LogP contribution in [0.1, 0.15) is 11.1 Å². The molecule has 0 radical (unpaired) electrons. The van der Waals surface area contributed by atoms with Crippen molar-refractivity contribution in [1.82, 2.24) is 0 Å². The van der Waals surface area contributed by atoms with Gasteiger partial charge in [-0.1, -0.05) is 71.4 Å². The zero-order valence-corrected chi connectivity index (χ0v) is 20.3. The van der Waals surface area contributed by atoms with Crippen molar-refractivity contribution in [3.63, 3.8) is 0 Å². The highest BCUT2D eigenvalue weighted by Gasteiger charge is 2.34. The number of thiocarbonyl (C=S) groups is 1. The van der Waals surface area contributed by atoms with Gasteiger partial charge >= 0.3 is 0 Å². The first-order valence-corrected chi connectivity index (χ1v) is 11.6. The van der Waals surface area contributed by atoms with E-state index in [0.29, 0.717) is 32.0 Å². The fourth-order valence-corrected chi connectivity index (χ4v) is 4.90. The Kier molecular flexibility index (Phi) is 7.24. The molecule has 0 aromatic heterocycles. The molecule has 3 aromatic carbocycles. The number of methoxy groups -OCH3 is 1. The molecule has 0 atom stereocenters. The maximum absolute atomic E-state index is 14.2. The number of amides is 1. The number of hydrogen-bond donors (Lipinski definition) is 0. The van der Waals surface area contributed by atoms with Crippen LogP contribution in [0.3, 0.4) is 0 Å². The summed E-state index contributed by atoms with van der Waals surface area (Å²) in [6.45, 7) is 0.229. The van der Waals surface area contributed by atoms with Crippen molar-refractivity contribution in [2.45, 2.75) is 6.61 Å². The summed E-state index contributed by atoms with van der Waals surface area (Å²) >= 11 is 18.6. The predicted molar refractivity (Wildman–Crippen MR) is 136 cm³/mol. The molecule has 33 heavy (non-hydrogen) atoms. The highest BCUT2D eigenvalue weighted by molar-refractivity contribution is 8.27. The summed E-state index contributed by atoms with van der Waals surface area (Å²) in [5.41, 5.74) is 1.62. The molecule has 1 fully saturated rings. The molecule has 0 aliphatic carbocycles. The Hall–Kier alpha value is -2.58. The lowest BCUT2D eigenvalue weighted by atomic mass is 10.1. The van der Waals surface area contributed by atoms with Crippen molar-refractivity contribution in [2.75, 3.05) is 12.0 Å². The Balaban J connectivity index is 1.54. The topological polar surface area (TPSA) is 38.8 Å². The second-order valence-electron chi connectivity index (χ2n) is 6.90. The van der Waals surface area contributed by atoms with Crippen LogP contribution in [0.5, 0.6) is 11.5 Å². The van der Waals surface area contributed by atoms with E-state index >= 15 is 0 Å². The van der Waals surface area contributed by atoms with Crippen LogP contribution in [0.15, 0.2) is 65.6 Å². The minimum atomic E-state index is -0.515. The number of para-hydroxylation sites is 1. The van der Waals surface area contributed by atoms with Crippen molar-refractivity contribution in [2.24, 2.45) is 0 Å². The molecule has 1 saturated heterocycles. The first-order valence-electron chi connectivity index (χ1n) is 9.64. The number of nitrogens with zero attached hydrogens (tertiary/aromatic N) is 1. The van der Waals surface area contributed by atoms with Gasteiger partial charge in [-0.25, -0.2) is 4.39 Å². The lowest BCUT2D eigenvalue weighted by Crippen LogP contribution is -2.28. The SMILES string of the molecule is COc1cc(/C=C2\SC(=S)N(c3ccccc3F)C2=O)ccc1OCc1ccc(Cl)cc1Cl. The molecule has 1 aliphatic rings. The van der Waals surface area contributed by atoms with Crippen molar-refractivity contribution >= 4 is 69.2 Å². The molecule has 0 spiro atoms. The van der Waals surface area contributed by atoms with E-state index in [0.717, 1.165) is 17.3 Å². The molecule has 168 valence electrons. The van der Waals surface area contributed by atoms with Gasteiger partial charge in [-0.3, -0.25) is 9.69 Å². The quantitative estimate of drug-likeness (QED) is 0.256. The Bertz CT molecular complexity index is 1280. The lowest BCUT2D eigenvalue weighted by molar-refractivity contribution is -0.113. The van der Waals surface area contributed by atoms with Crippen LogP contribution < -0.4 is 14.4 Å². The minimum absolute atomic E-state index is 0.130. The Labute approximate surface area is 209 Å². The van der Waals surface area contributed by atoms with Gasteiger partial charge in [0.1, 0.15) is 12.4 Å². The molecule has 0 bridgehead atoms. The number of thioether (sulfide) groups is 1. The molecule has 0 unspecified atom stereocenters. The van der Waals surface area contributed by atoms with Gasteiger partial charge in [-0.2, -0.15) is 0 Å².